The molecule has 29 heavy (non-hydrogen) atoms. The van der Waals surface area contributed by atoms with Crippen molar-refractivity contribution in [3.63, 3.8) is 0 Å². The largest absolute Gasteiger partial charge is 0.493 e. The number of fused-ring (bicyclic) bond motifs is 1. The summed E-state index contributed by atoms with van der Waals surface area (Å²) in [7, 11) is 3.76. The van der Waals surface area contributed by atoms with E-state index in [1.807, 2.05) is 31.2 Å². The number of methoxy groups -OCH3 is 1. The Kier molecular flexibility index (Phi) is 6.08. The Morgan fingerprint density at radius 1 is 1.03 bits per heavy atom. The molecule has 2 aromatic carbocycles. The van der Waals surface area contributed by atoms with Gasteiger partial charge in [0.15, 0.2) is 11.5 Å². The molecule has 0 aliphatic rings. The average molecular weight is 426 g/mol. The van der Waals surface area contributed by atoms with Gasteiger partial charge in [-0.25, -0.2) is 9.97 Å². The Labute approximate surface area is 178 Å². The molecule has 0 amide bonds. The second-order valence-corrected chi connectivity index (χ2v) is 8.66. The predicted molar refractivity (Wildman–Crippen MR) is 120 cm³/mol. The van der Waals surface area contributed by atoms with Gasteiger partial charge in [-0.3, -0.25) is 4.90 Å². The Morgan fingerprint density at radius 2 is 1.90 bits per heavy atom. The van der Waals surface area contributed by atoms with Gasteiger partial charge in [-0.15, -0.1) is 22.7 Å². The lowest BCUT2D eigenvalue weighted by Gasteiger charge is -2.13. The maximum absolute atomic E-state index is 5.60. The first-order chi connectivity index (χ1) is 14.2. The molecule has 7 heteroatoms. The normalized spacial score (nSPS) is 11.3. The van der Waals surface area contributed by atoms with Gasteiger partial charge >= 0.3 is 0 Å². The first kappa shape index (κ1) is 19.8. The zero-order chi connectivity index (χ0) is 20.2. The predicted octanol–water partition coefficient (Wildman–Crippen LogP) is 5.46. The van der Waals surface area contributed by atoms with E-state index in [2.05, 4.69) is 35.5 Å². The van der Waals surface area contributed by atoms with Gasteiger partial charge < -0.3 is 9.47 Å². The minimum atomic E-state index is 0.609. The molecule has 4 aromatic rings. The number of hydrogen-bond donors (Lipinski definition) is 0. The molecular formula is C22H23N3O2S2. The molecule has 0 saturated carbocycles. The van der Waals surface area contributed by atoms with Crippen molar-refractivity contribution >= 4 is 32.9 Å². The number of aromatic nitrogens is 2. The molecule has 0 radical (unpaired) electrons. The molecule has 0 unspecified atom stereocenters. The van der Waals surface area contributed by atoms with Crippen LogP contribution in [0.2, 0.25) is 0 Å². The quantitative estimate of drug-likeness (QED) is 0.375. The van der Waals surface area contributed by atoms with Crippen molar-refractivity contribution in [1.29, 1.82) is 0 Å². The van der Waals surface area contributed by atoms with E-state index < -0.39 is 0 Å². The lowest BCUT2D eigenvalue weighted by atomic mass is 10.2. The summed E-state index contributed by atoms with van der Waals surface area (Å²) in [6.45, 7) is 4.16. The van der Waals surface area contributed by atoms with Crippen LogP contribution in [0.1, 0.15) is 17.6 Å². The van der Waals surface area contributed by atoms with E-state index in [0.29, 0.717) is 6.61 Å². The summed E-state index contributed by atoms with van der Waals surface area (Å²) >= 11 is 3.40. The molecule has 150 valence electrons. The first-order valence-corrected chi connectivity index (χ1v) is 11.1. The van der Waals surface area contributed by atoms with Gasteiger partial charge in [0, 0.05) is 17.5 Å². The molecule has 0 N–H and O–H groups in total. The van der Waals surface area contributed by atoms with Crippen LogP contribution in [0.25, 0.3) is 20.8 Å². The molecule has 2 aromatic heterocycles. The van der Waals surface area contributed by atoms with Crippen LogP contribution in [0.5, 0.6) is 11.5 Å². The number of hydrogen-bond acceptors (Lipinski definition) is 7. The van der Waals surface area contributed by atoms with Crippen LogP contribution < -0.4 is 9.47 Å². The summed E-state index contributed by atoms with van der Waals surface area (Å²) < 4.78 is 12.3. The smallest absolute Gasteiger partial charge is 0.161 e. The summed E-state index contributed by atoms with van der Waals surface area (Å²) in [6, 6.07) is 14.2. The van der Waals surface area contributed by atoms with Crippen LogP contribution in [0, 0.1) is 0 Å². The van der Waals surface area contributed by atoms with Crippen molar-refractivity contribution in [1.82, 2.24) is 14.9 Å². The van der Waals surface area contributed by atoms with Gasteiger partial charge in [0.25, 0.3) is 0 Å². The van der Waals surface area contributed by atoms with E-state index in [1.54, 1.807) is 29.8 Å². The molecule has 0 aliphatic carbocycles. The minimum absolute atomic E-state index is 0.609. The zero-order valence-corrected chi connectivity index (χ0v) is 18.3. The topological polar surface area (TPSA) is 47.5 Å². The molecule has 0 bridgehead atoms. The van der Waals surface area contributed by atoms with Gasteiger partial charge in [-0.2, -0.15) is 0 Å². The van der Waals surface area contributed by atoms with E-state index in [1.165, 1.54) is 4.70 Å². The molecule has 0 atom stereocenters. The summed E-state index contributed by atoms with van der Waals surface area (Å²) in [5.74, 6) is 1.49. The third kappa shape index (κ3) is 4.58. The van der Waals surface area contributed by atoms with E-state index >= 15 is 0 Å². The van der Waals surface area contributed by atoms with Crippen LogP contribution in [-0.4, -0.2) is 35.6 Å². The van der Waals surface area contributed by atoms with Crippen LogP contribution in [-0.2, 0) is 13.1 Å². The maximum atomic E-state index is 5.60. The maximum Gasteiger partial charge on any atom is 0.161 e. The zero-order valence-electron chi connectivity index (χ0n) is 16.7. The summed E-state index contributed by atoms with van der Waals surface area (Å²) in [6.07, 6.45) is 0. The highest BCUT2D eigenvalue weighted by Gasteiger charge is 2.12. The Morgan fingerprint density at radius 3 is 2.69 bits per heavy atom. The Hall–Kier alpha value is -2.48. The molecule has 0 fully saturated rings. The van der Waals surface area contributed by atoms with E-state index in [4.69, 9.17) is 19.4 Å². The minimum Gasteiger partial charge on any atom is -0.493 e. The third-order valence-electron chi connectivity index (χ3n) is 4.44. The van der Waals surface area contributed by atoms with E-state index in [0.717, 1.165) is 51.4 Å². The summed E-state index contributed by atoms with van der Waals surface area (Å²) in [5, 5.41) is 4.22. The number of para-hydroxylation sites is 1. The first-order valence-electron chi connectivity index (χ1n) is 9.45. The van der Waals surface area contributed by atoms with E-state index in [-0.39, 0.29) is 0 Å². The number of ether oxygens (including phenoxy) is 2. The van der Waals surface area contributed by atoms with E-state index in [9.17, 15) is 0 Å². The fourth-order valence-corrected chi connectivity index (χ4v) is 4.99. The number of nitrogens with zero attached hydrogens (tertiary/aromatic N) is 3. The molecule has 5 nitrogen and oxygen atoms in total. The fourth-order valence-electron chi connectivity index (χ4n) is 3.14. The highest BCUT2D eigenvalue weighted by molar-refractivity contribution is 7.18. The molecule has 0 aliphatic heterocycles. The molecule has 4 rings (SSSR count). The van der Waals surface area contributed by atoms with Crippen LogP contribution in [0.4, 0.5) is 0 Å². The second-order valence-electron chi connectivity index (χ2n) is 6.69. The van der Waals surface area contributed by atoms with Crippen molar-refractivity contribution in [3.8, 4) is 22.1 Å². The number of benzene rings is 2. The third-order valence-corrected chi connectivity index (χ3v) is 6.40. The van der Waals surface area contributed by atoms with Crippen LogP contribution in [0.3, 0.4) is 0 Å². The van der Waals surface area contributed by atoms with Gasteiger partial charge in [0.1, 0.15) is 10.0 Å². The van der Waals surface area contributed by atoms with Crippen LogP contribution >= 0.6 is 22.7 Å². The van der Waals surface area contributed by atoms with Crippen LogP contribution in [0.15, 0.2) is 47.8 Å². The van der Waals surface area contributed by atoms with Crippen molar-refractivity contribution < 1.29 is 9.47 Å². The lowest BCUT2D eigenvalue weighted by Crippen LogP contribution is -2.17. The summed E-state index contributed by atoms with van der Waals surface area (Å²) in [5.41, 5.74) is 3.16. The summed E-state index contributed by atoms with van der Waals surface area (Å²) in [4.78, 5) is 11.8. The Balaban J connectivity index is 1.44. The highest BCUT2D eigenvalue weighted by atomic mass is 32.1. The number of rotatable bonds is 8. The second kappa shape index (κ2) is 8.90. The average Bonchev–Trinajstić information content (AvgIpc) is 3.34. The van der Waals surface area contributed by atoms with Crippen molar-refractivity contribution in [2.45, 2.75) is 20.0 Å². The van der Waals surface area contributed by atoms with Gasteiger partial charge in [-0.1, -0.05) is 12.1 Å². The van der Waals surface area contributed by atoms with Crippen molar-refractivity contribution in [2.75, 3.05) is 20.8 Å². The number of thiazole rings is 2. The molecule has 2 heterocycles. The van der Waals surface area contributed by atoms with Gasteiger partial charge in [0.05, 0.1) is 36.2 Å². The van der Waals surface area contributed by atoms with Crippen molar-refractivity contribution in [2.24, 2.45) is 0 Å². The Bertz CT molecular complexity index is 1070. The monoisotopic (exact) mass is 425 g/mol. The standard InChI is InChI=1S/C22H23N3O2S2/c1-4-27-18-10-9-15(11-19(18)26-3)22-23-16(14-28-22)12-25(2)13-21-24-17-7-5-6-8-20(17)29-21/h5-11,14H,4,12-13H2,1-3H3. The lowest BCUT2D eigenvalue weighted by molar-refractivity contribution is 0.311. The SMILES string of the molecule is CCOc1ccc(-c2nc(CN(C)Cc3nc4ccccc4s3)cs2)cc1OC. The molecular weight excluding hydrogens is 402 g/mol. The van der Waals surface area contributed by atoms with Gasteiger partial charge in [0.2, 0.25) is 0 Å². The van der Waals surface area contributed by atoms with Crippen molar-refractivity contribution in [3.05, 3.63) is 58.5 Å². The molecule has 0 spiro atoms. The van der Waals surface area contributed by atoms with Gasteiger partial charge in [-0.05, 0) is 44.3 Å². The fraction of sp³-hybridized carbons (Fsp3) is 0.273. The highest BCUT2D eigenvalue weighted by Crippen LogP contribution is 2.34. The molecule has 0 saturated heterocycles.